The van der Waals surface area contributed by atoms with Gasteiger partial charge in [0.1, 0.15) is 0 Å². The van der Waals surface area contributed by atoms with Crippen molar-refractivity contribution < 1.29 is 13.2 Å². The molecule has 4 nitrogen and oxygen atoms in total. The average Bonchev–Trinajstić information content (AvgIpc) is 2.39. The smallest absolute Gasteiger partial charge is 0.261 e. The molecule has 0 saturated carbocycles. The molecule has 0 aromatic heterocycles. The van der Waals surface area contributed by atoms with Gasteiger partial charge < -0.3 is 5.32 Å². The number of nitrogens with one attached hydrogen (secondary N) is 1. The second kappa shape index (κ2) is 6.91. The van der Waals surface area contributed by atoms with Crippen LogP contribution in [0.1, 0.15) is 37.0 Å². The maximum Gasteiger partial charge on any atom is 0.261 e. The van der Waals surface area contributed by atoms with E-state index < -0.39 is 9.05 Å². The zero-order valence-corrected chi connectivity index (χ0v) is 12.6. The lowest BCUT2D eigenvalue weighted by atomic mass is 10.0. The van der Waals surface area contributed by atoms with Crippen LogP contribution in [-0.2, 0) is 9.05 Å². The highest BCUT2D eigenvalue weighted by molar-refractivity contribution is 8.13. The largest absolute Gasteiger partial charge is 0.352 e. The molecule has 0 atom stereocenters. The van der Waals surface area contributed by atoms with E-state index in [9.17, 15) is 13.2 Å². The molecule has 1 rings (SSSR count). The fourth-order valence-corrected chi connectivity index (χ4v) is 2.50. The summed E-state index contributed by atoms with van der Waals surface area (Å²) in [5, 5.41) is 2.80. The van der Waals surface area contributed by atoms with Crippen LogP contribution in [0.25, 0.3) is 0 Å². The van der Waals surface area contributed by atoms with E-state index in [1.54, 1.807) is 6.07 Å². The average molecular weight is 304 g/mol. The minimum absolute atomic E-state index is 0.0654. The number of carbonyl (C=O) groups excluding carboxylic acids is 1. The van der Waals surface area contributed by atoms with Gasteiger partial charge in [0.05, 0.1) is 4.90 Å². The normalized spacial score (nSPS) is 11.6. The van der Waals surface area contributed by atoms with Gasteiger partial charge in [-0.3, -0.25) is 4.79 Å². The molecule has 0 fully saturated rings. The van der Waals surface area contributed by atoms with Gasteiger partial charge in [0.2, 0.25) is 0 Å². The predicted octanol–water partition coefficient (Wildman–Crippen LogP) is 2.78. The maximum atomic E-state index is 11.9. The Kier molecular flexibility index (Phi) is 5.82. The van der Waals surface area contributed by atoms with Crippen molar-refractivity contribution in [3.63, 3.8) is 0 Å². The van der Waals surface area contributed by atoms with Crippen LogP contribution in [0.5, 0.6) is 0 Å². The number of hydrogen-bond acceptors (Lipinski definition) is 3. The number of hydrogen-bond donors (Lipinski definition) is 1. The summed E-state index contributed by atoms with van der Waals surface area (Å²) in [7, 11) is 1.44. The second-order valence-electron chi connectivity index (χ2n) is 4.36. The number of carbonyl (C=O) groups is 1. The molecule has 1 N–H and O–H groups in total. The van der Waals surface area contributed by atoms with Gasteiger partial charge in [-0.25, -0.2) is 8.42 Å². The molecule has 0 aliphatic rings. The van der Waals surface area contributed by atoms with Gasteiger partial charge in [0.25, 0.3) is 15.0 Å². The number of benzene rings is 1. The van der Waals surface area contributed by atoms with Gasteiger partial charge in [-0.1, -0.05) is 32.8 Å². The summed E-state index contributed by atoms with van der Waals surface area (Å²) in [5.74, 6) is 0.151. The van der Waals surface area contributed by atoms with Crippen LogP contribution in [0.3, 0.4) is 0 Å². The summed E-state index contributed by atoms with van der Waals surface area (Å²) in [5.41, 5.74) is 0.299. The van der Waals surface area contributed by atoms with E-state index in [4.69, 9.17) is 10.7 Å². The SMILES string of the molecule is CCC(CC)CNC(=O)c1cccc(S(=O)(=O)Cl)c1. The third kappa shape index (κ3) is 4.84. The fraction of sp³-hybridized carbons (Fsp3) is 0.462. The van der Waals surface area contributed by atoms with Crippen LogP contribution in [-0.4, -0.2) is 20.9 Å². The van der Waals surface area contributed by atoms with Crippen LogP contribution >= 0.6 is 10.7 Å². The highest BCUT2D eigenvalue weighted by atomic mass is 35.7. The van der Waals surface area contributed by atoms with Crippen LogP contribution in [0.4, 0.5) is 0 Å². The van der Waals surface area contributed by atoms with Crippen molar-refractivity contribution in [2.45, 2.75) is 31.6 Å². The van der Waals surface area contributed by atoms with Gasteiger partial charge in [-0.2, -0.15) is 0 Å². The van der Waals surface area contributed by atoms with E-state index in [2.05, 4.69) is 19.2 Å². The zero-order chi connectivity index (χ0) is 14.5. The topological polar surface area (TPSA) is 63.2 Å². The maximum absolute atomic E-state index is 11.9. The zero-order valence-electron chi connectivity index (χ0n) is 11.0. The van der Waals surface area contributed by atoms with Crippen molar-refractivity contribution in [2.75, 3.05) is 6.54 Å². The summed E-state index contributed by atoms with van der Waals surface area (Å²) in [6.45, 7) is 4.73. The third-order valence-electron chi connectivity index (χ3n) is 3.08. The van der Waals surface area contributed by atoms with Gasteiger partial charge in [-0.15, -0.1) is 0 Å². The minimum atomic E-state index is -3.81. The number of rotatable bonds is 6. The minimum Gasteiger partial charge on any atom is -0.352 e. The molecule has 19 heavy (non-hydrogen) atoms. The monoisotopic (exact) mass is 303 g/mol. The van der Waals surface area contributed by atoms with E-state index in [0.29, 0.717) is 18.0 Å². The molecule has 0 aliphatic carbocycles. The van der Waals surface area contributed by atoms with Crippen molar-refractivity contribution in [3.8, 4) is 0 Å². The Morgan fingerprint density at radius 2 is 1.95 bits per heavy atom. The molecule has 6 heteroatoms. The van der Waals surface area contributed by atoms with Crippen molar-refractivity contribution in [1.82, 2.24) is 5.32 Å². The Hall–Kier alpha value is -1.07. The first-order valence-electron chi connectivity index (χ1n) is 6.21. The molecule has 1 amide bonds. The summed E-state index contributed by atoms with van der Waals surface area (Å²) in [6.07, 6.45) is 1.99. The van der Waals surface area contributed by atoms with Gasteiger partial charge in [-0.05, 0) is 24.1 Å². The molecule has 1 aromatic carbocycles. The first-order valence-corrected chi connectivity index (χ1v) is 8.52. The molecule has 106 valence electrons. The third-order valence-corrected chi connectivity index (χ3v) is 4.44. The molecule has 0 heterocycles. The Labute approximate surface area is 118 Å². The first-order chi connectivity index (χ1) is 8.88. The fourth-order valence-electron chi connectivity index (χ4n) is 1.71. The first kappa shape index (κ1) is 16.0. The molecule has 0 saturated heterocycles. The molecular weight excluding hydrogens is 286 g/mol. The Bertz CT molecular complexity index is 539. The quantitative estimate of drug-likeness (QED) is 0.822. The molecular formula is C13H18ClNO3S. The van der Waals surface area contributed by atoms with E-state index in [1.807, 2.05) is 0 Å². The van der Waals surface area contributed by atoms with Crippen LogP contribution in [0.15, 0.2) is 29.2 Å². The van der Waals surface area contributed by atoms with Crippen molar-refractivity contribution in [2.24, 2.45) is 5.92 Å². The molecule has 0 radical (unpaired) electrons. The summed E-state index contributed by atoms with van der Waals surface area (Å²) >= 11 is 0. The lowest BCUT2D eigenvalue weighted by Crippen LogP contribution is -2.28. The molecule has 0 aliphatic heterocycles. The van der Waals surface area contributed by atoms with Gasteiger partial charge >= 0.3 is 0 Å². The Morgan fingerprint density at radius 1 is 1.32 bits per heavy atom. The summed E-state index contributed by atoms with van der Waals surface area (Å²) in [6, 6.07) is 5.71. The van der Waals surface area contributed by atoms with Gasteiger partial charge in [0.15, 0.2) is 0 Å². The second-order valence-corrected chi connectivity index (χ2v) is 6.92. The lowest BCUT2D eigenvalue weighted by Gasteiger charge is -2.13. The van der Waals surface area contributed by atoms with Gasteiger partial charge in [0, 0.05) is 22.8 Å². The molecule has 1 aromatic rings. The number of amides is 1. The molecule has 0 spiro atoms. The molecule has 0 unspecified atom stereocenters. The predicted molar refractivity (Wildman–Crippen MR) is 75.9 cm³/mol. The summed E-state index contributed by atoms with van der Waals surface area (Å²) in [4.78, 5) is 11.8. The Balaban J connectivity index is 2.78. The highest BCUT2D eigenvalue weighted by Crippen LogP contribution is 2.16. The van der Waals surface area contributed by atoms with E-state index in [-0.39, 0.29) is 10.8 Å². The standard InChI is InChI=1S/C13H18ClNO3S/c1-3-10(4-2)9-15-13(16)11-6-5-7-12(8-11)19(14,17)18/h5-8,10H,3-4,9H2,1-2H3,(H,15,16). The van der Waals surface area contributed by atoms with E-state index in [1.165, 1.54) is 18.2 Å². The van der Waals surface area contributed by atoms with E-state index in [0.717, 1.165) is 12.8 Å². The number of halogens is 1. The van der Waals surface area contributed by atoms with Crippen LogP contribution in [0.2, 0.25) is 0 Å². The molecule has 0 bridgehead atoms. The summed E-state index contributed by atoms with van der Waals surface area (Å²) < 4.78 is 22.4. The van der Waals surface area contributed by atoms with Crippen molar-refractivity contribution in [1.29, 1.82) is 0 Å². The Morgan fingerprint density at radius 3 is 2.47 bits per heavy atom. The van der Waals surface area contributed by atoms with Crippen LogP contribution in [0, 0.1) is 5.92 Å². The highest BCUT2D eigenvalue weighted by Gasteiger charge is 2.14. The lowest BCUT2D eigenvalue weighted by molar-refractivity contribution is 0.0946. The van der Waals surface area contributed by atoms with E-state index >= 15 is 0 Å². The van der Waals surface area contributed by atoms with Crippen molar-refractivity contribution >= 4 is 25.6 Å². The van der Waals surface area contributed by atoms with Crippen LogP contribution < -0.4 is 5.32 Å². The van der Waals surface area contributed by atoms with Crippen molar-refractivity contribution in [3.05, 3.63) is 29.8 Å².